The van der Waals surface area contributed by atoms with Crippen LogP contribution in [0.1, 0.15) is 31.7 Å². The molecule has 1 heterocycles. The van der Waals surface area contributed by atoms with Crippen molar-refractivity contribution in [1.29, 1.82) is 0 Å². The van der Waals surface area contributed by atoms with Crippen LogP contribution in [0.25, 0.3) is 11.5 Å². The molecular formula is C15H21N3O2. The molecule has 2 rings (SSSR count). The first-order valence-electron chi connectivity index (χ1n) is 6.92. The molecular weight excluding hydrogens is 254 g/mol. The van der Waals surface area contributed by atoms with Gasteiger partial charge in [0.1, 0.15) is 5.75 Å². The van der Waals surface area contributed by atoms with E-state index < -0.39 is 0 Å². The van der Waals surface area contributed by atoms with Crippen LogP contribution in [0.3, 0.4) is 0 Å². The molecule has 2 aromatic rings. The minimum atomic E-state index is 0.239. The molecule has 0 radical (unpaired) electrons. The Labute approximate surface area is 119 Å². The molecule has 0 unspecified atom stereocenters. The molecule has 5 nitrogen and oxygen atoms in total. The molecule has 0 amide bonds. The van der Waals surface area contributed by atoms with Gasteiger partial charge in [0.15, 0.2) is 0 Å². The maximum Gasteiger partial charge on any atom is 0.247 e. The summed E-state index contributed by atoms with van der Waals surface area (Å²) in [6, 6.07) is 5.84. The fourth-order valence-corrected chi connectivity index (χ4v) is 1.84. The number of benzene rings is 1. The lowest BCUT2D eigenvalue weighted by atomic mass is 10.1. The van der Waals surface area contributed by atoms with Crippen LogP contribution in [-0.4, -0.2) is 27.9 Å². The predicted octanol–water partition coefficient (Wildman–Crippen LogP) is 2.68. The smallest absolute Gasteiger partial charge is 0.247 e. The first kappa shape index (κ1) is 14.5. The summed E-state index contributed by atoms with van der Waals surface area (Å²) in [7, 11) is 0. The van der Waals surface area contributed by atoms with Crippen LogP contribution in [0.4, 0.5) is 0 Å². The highest BCUT2D eigenvalue weighted by Crippen LogP contribution is 2.25. The number of phenolic OH excluding ortho intramolecular Hbond substituents is 1. The number of rotatable bonds is 6. The molecule has 1 aromatic carbocycles. The maximum absolute atomic E-state index is 9.70. The number of aromatic hydroxyl groups is 1. The first-order valence-corrected chi connectivity index (χ1v) is 6.92. The van der Waals surface area contributed by atoms with Crippen LogP contribution in [0.15, 0.2) is 22.6 Å². The van der Waals surface area contributed by atoms with E-state index in [1.54, 1.807) is 6.07 Å². The summed E-state index contributed by atoms with van der Waals surface area (Å²) in [5, 5.41) is 21.1. The lowest BCUT2D eigenvalue weighted by Gasteiger charge is -2.05. The molecule has 108 valence electrons. The zero-order valence-corrected chi connectivity index (χ0v) is 12.2. The van der Waals surface area contributed by atoms with Crippen LogP contribution < -0.4 is 5.32 Å². The van der Waals surface area contributed by atoms with Crippen LogP contribution in [0, 0.1) is 6.92 Å². The van der Waals surface area contributed by atoms with E-state index in [0.717, 1.165) is 30.5 Å². The Kier molecular flexibility index (Phi) is 4.74. The Balaban J connectivity index is 1.96. The van der Waals surface area contributed by atoms with Crippen molar-refractivity contribution < 1.29 is 9.52 Å². The van der Waals surface area contributed by atoms with E-state index >= 15 is 0 Å². The molecule has 1 aromatic heterocycles. The van der Waals surface area contributed by atoms with Gasteiger partial charge in [-0.15, -0.1) is 10.2 Å². The Morgan fingerprint density at radius 2 is 2.10 bits per heavy atom. The molecule has 0 fully saturated rings. The molecule has 0 aliphatic heterocycles. The molecule has 0 bridgehead atoms. The summed E-state index contributed by atoms with van der Waals surface area (Å²) in [5.41, 5.74) is 1.57. The zero-order valence-electron chi connectivity index (χ0n) is 12.2. The summed E-state index contributed by atoms with van der Waals surface area (Å²) in [4.78, 5) is 0. The van der Waals surface area contributed by atoms with Gasteiger partial charge < -0.3 is 14.8 Å². The van der Waals surface area contributed by atoms with Crippen molar-refractivity contribution in [2.45, 2.75) is 39.7 Å². The molecule has 0 saturated heterocycles. The standard InChI is InChI=1S/C15H21N3O2/c1-10(2)16-8-4-5-14-17-18-15(20-14)12-7-6-11(3)13(19)9-12/h6-7,9-10,16,19H,4-5,8H2,1-3H3. The van der Waals surface area contributed by atoms with Crippen molar-refractivity contribution in [3.8, 4) is 17.2 Å². The third kappa shape index (κ3) is 3.81. The number of hydrogen-bond donors (Lipinski definition) is 2. The van der Waals surface area contributed by atoms with Gasteiger partial charge >= 0.3 is 0 Å². The number of aryl methyl sites for hydroxylation is 2. The largest absolute Gasteiger partial charge is 0.508 e. The van der Waals surface area contributed by atoms with Gasteiger partial charge in [0, 0.05) is 18.0 Å². The molecule has 20 heavy (non-hydrogen) atoms. The molecule has 0 spiro atoms. The highest BCUT2D eigenvalue weighted by molar-refractivity contribution is 5.57. The van der Waals surface area contributed by atoms with Gasteiger partial charge in [-0.3, -0.25) is 0 Å². The Morgan fingerprint density at radius 3 is 2.80 bits per heavy atom. The van der Waals surface area contributed by atoms with E-state index in [-0.39, 0.29) is 5.75 Å². The Morgan fingerprint density at radius 1 is 1.30 bits per heavy atom. The predicted molar refractivity (Wildman–Crippen MR) is 77.6 cm³/mol. The monoisotopic (exact) mass is 275 g/mol. The van der Waals surface area contributed by atoms with Gasteiger partial charge in [0.25, 0.3) is 0 Å². The van der Waals surface area contributed by atoms with Crippen molar-refractivity contribution in [2.75, 3.05) is 6.54 Å². The van der Waals surface area contributed by atoms with E-state index in [0.29, 0.717) is 17.8 Å². The highest BCUT2D eigenvalue weighted by Gasteiger charge is 2.09. The summed E-state index contributed by atoms with van der Waals surface area (Å²) >= 11 is 0. The minimum Gasteiger partial charge on any atom is -0.508 e. The van der Waals surface area contributed by atoms with Crippen molar-refractivity contribution in [3.63, 3.8) is 0 Å². The quantitative estimate of drug-likeness (QED) is 0.793. The average Bonchev–Trinajstić information content (AvgIpc) is 2.86. The maximum atomic E-state index is 9.70. The second kappa shape index (κ2) is 6.52. The lowest BCUT2D eigenvalue weighted by molar-refractivity contribution is 0.469. The van der Waals surface area contributed by atoms with E-state index in [1.165, 1.54) is 0 Å². The molecule has 0 aliphatic carbocycles. The van der Waals surface area contributed by atoms with E-state index in [4.69, 9.17) is 4.42 Å². The van der Waals surface area contributed by atoms with Crippen LogP contribution in [0.5, 0.6) is 5.75 Å². The number of nitrogens with one attached hydrogen (secondary N) is 1. The Bertz CT molecular complexity index is 564. The van der Waals surface area contributed by atoms with Crippen molar-refractivity contribution in [2.24, 2.45) is 0 Å². The summed E-state index contributed by atoms with van der Waals surface area (Å²) in [6.07, 6.45) is 1.71. The van der Waals surface area contributed by atoms with E-state index in [1.807, 2.05) is 19.1 Å². The number of aromatic nitrogens is 2. The highest BCUT2D eigenvalue weighted by atomic mass is 16.4. The molecule has 0 saturated carbocycles. The fourth-order valence-electron chi connectivity index (χ4n) is 1.84. The summed E-state index contributed by atoms with van der Waals surface area (Å²) in [5.74, 6) is 1.32. The van der Waals surface area contributed by atoms with Crippen LogP contribution >= 0.6 is 0 Å². The Hall–Kier alpha value is -1.88. The van der Waals surface area contributed by atoms with Gasteiger partial charge in [-0.25, -0.2) is 0 Å². The normalized spacial score (nSPS) is 11.2. The molecule has 2 N–H and O–H groups in total. The van der Waals surface area contributed by atoms with Gasteiger partial charge in [0.05, 0.1) is 0 Å². The third-order valence-electron chi connectivity index (χ3n) is 3.04. The van der Waals surface area contributed by atoms with Gasteiger partial charge in [-0.05, 0) is 37.6 Å². The molecule has 0 aliphatic rings. The number of nitrogens with zero attached hydrogens (tertiary/aromatic N) is 2. The molecule has 5 heteroatoms. The molecule has 0 atom stereocenters. The second-order valence-corrected chi connectivity index (χ2v) is 5.21. The van der Waals surface area contributed by atoms with Gasteiger partial charge in [0.2, 0.25) is 11.8 Å². The topological polar surface area (TPSA) is 71.2 Å². The third-order valence-corrected chi connectivity index (χ3v) is 3.04. The lowest BCUT2D eigenvalue weighted by Crippen LogP contribution is -2.23. The summed E-state index contributed by atoms with van der Waals surface area (Å²) < 4.78 is 5.61. The SMILES string of the molecule is Cc1ccc(-c2nnc(CCCNC(C)C)o2)cc1O. The summed E-state index contributed by atoms with van der Waals surface area (Å²) in [6.45, 7) is 7.02. The van der Waals surface area contributed by atoms with Crippen molar-refractivity contribution in [3.05, 3.63) is 29.7 Å². The van der Waals surface area contributed by atoms with Crippen LogP contribution in [0.2, 0.25) is 0 Å². The number of phenols is 1. The second-order valence-electron chi connectivity index (χ2n) is 5.21. The fraction of sp³-hybridized carbons (Fsp3) is 0.467. The van der Waals surface area contributed by atoms with Crippen molar-refractivity contribution >= 4 is 0 Å². The van der Waals surface area contributed by atoms with Crippen LogP contribution in [-0.2, 0) is 6.42 Å². The van der Waals surface area contributed by atoms with E-state index in [9.17, 15) is 5.11 Å². The zero-order chi connectivity index (χ0) is 14.5. The average molecular weight is 275 g/mol. The van der Waals surface area contributed by atoms with E-state index in [2.05, 4.69) is 29.4 Å². The number of hydrogen-bond acceptors (Lipinski definition) is 5. The van der Waals surface area contributed by atoms with Gasteiger partial charge in [-0.1, -0.05) is 19.9 Å². The van der Waals surface area contributed by atoms with Gasteiger partial charge in [-0.2, -0.15) is 0 Å². The first-order chi connectivity index (χ1) is 9.56. The van der Waals surface area contributed by atoms with Crippen molar-refractivity contribution in [1.82, 2.24) is 15.5 Å². The minimum absolute atomic E-state index is 0.239.